The van der Waals surface area contributed by atoms with Crippen LogP contribution in [-0.4, -0.2) is 15.5 Å². The molecule has 1 heterocycles. The first-order valence-electron chi connectivity index (χ1n) is 5.50. The zero-order valence-corrected chi connectivity index (χ0v) is 10.7. The molecule has 94 valence electrons. The summed E-state index contributed by atoms with van der Waals surface area (Å²) >= 11 is 1.17. The summed E-state index contributed by atoms with van der Waals surface area (Å²) in [5.41, 5.74) is 1.50. The number of nitrogens with one attached hydrogen (secondary N) is 1. The summed E-state index contributed by atoms with van der Waals surface area (Å²) < 4.78 is 3.67. The van der Waals surface area contributed by atoms with Crippen molar-refractivity contribution < 1.29 is 4.79 Å². The maximum atomic E-state index is 11.8. The third-order valence-electron chi connectivity index (χ3n) is 2.33. The van der Waals surface area contributed by atoms with Gasteiger partial charge in [0.25, 0.3) is 5.91 Å². The SMILES string of the molecule is N#C/C(=C\c1csnn1)C(=O)NCc1ccccc1. The lowest BCUT2D eigenvalue weighted by Crippen LogP contribution is -2.23. The Morgan fingerprint density at radius 3 is 2.84 bits per heavy atom. The van der Waals surface area contributed by atoms with E-state index in [1.54, 1.807) is 5.38 Å². The van der Waals surface area contributed by atoms with Crippen LogP contribution in [0.25, 0.3) is 6.08 Å². The largest absolute Gasteiger partial charge is 0.347 e. The summed E-state index contributed by atoms with van der Waals surface area (Å²) in [6.45, 7) is 0.383. The summed E-state index contributed by atoms with van der Waals surface area (Å²) in [6.07, 6.45) is 1.42. The molecule has 1 amide bonds. The average Bonchev–Trinajstić information content (AvgIpc) is 2.96. The molecule has 1 aromatic heterocycles. The van der Waals surface area contributed by atoms with Gasteiger partial charge < -0.3 is 5.32 Å². The Balaban J connectivity index is 2.01. The number of amides is 1. The highest BCUT2D eigenvalue weighted by molar-refractivity contribution is 7.03. The first kappa shape index (κ1) is 12.9. The Hall–Kier alpha value is -2.52. The number of nitriles is 1. The van der Waals surface area contributed by atoms with Crippen molar-refractivity contribution in [2.45, 2.75) is 6.54 Å². The number of hydrogen-bond acceptors (Lipinski definition) is 5. The van der Waals surface area contributed by atoms with Crippen molar-refractivity contribution in [2.75, 3.05) is 0 Å². The molecule has 0 fully saturated rings. The highest BCUT2D eigenvalue weighted by Crippen LogP contribution is 2.05. The molecule has 0 bridgehead atoms. The van der Waals surface area contributed by atoms with E-state index in [2.05, 4.69) is 14.9 Å². The number of benzene rings is 1. The number of aromatic nitrogens is 2. The van der Waals surface area contributed by atoms with Crippen LogP contribution < -0.4 is 5.32 Å². The topological polar surface area (TPSA) is 78.7 Å². The van der Waals surface area contributed by atoms with E-state index in [1.165, 1.54) is 17.6 Å². The smallest absolute Gasteiger partial charge is 0.262 e. The van der Waals surface area contributed by atoms with E-state index in [9.17, 15) is 4.79 Å². The molecule has 0 saturated carbocycles. The second kappa shape index (κ2) is 6.42. The molecule has 0 aliphatic heterocycles. The third-order valence-corrected chi connectivity index (χ3v) is 2.85. The van der Waals surface area contributed by atoms with Crippen LogP contribution in [0.4, 0.5) is 0 Å². The van der Waals surface area contributed by atoms with Crippen molar-refractivity contribution in [3.05, 3.63) is 52.5 Å². The van der Waals surface area contributed by atoms with E-state index in [0.717, 1.165) is 5.56 Å². The molecule has 5 nitrogen and oxygen atoms in total. The molecule has 1 N–H and O–H groups in total. The Morgan fingerprint density at radius 1 is 1.42 bits per heavy atom. The van der Waals surface area contributed by atoms with Gasteiger partial charge in [-0.05, 0) is 23.2 Å². The van der Waals surface area contributed by atoms with Gasteiger partial charge in [-0.15, -0.1) is 5.10 Å². The van der Waals surface area contributed by atoms with Gasteiger partial charge in [-0.2, -0.15) is 5.26 Å². The highest BCUT2D eigenvalue weighted by Gasteiger charge is 2.09. The van der Waals surface area contributed by atoms with E-state index >= 15 is 0 Å². The fourth-order valence-corrected chi connectivity index (χ4v) is 1.82. The van der Waals surface area contributed by atoms with Crippen molar-refractivity contribution in [1.82, 2.24) is 14.9 Å². The van der Waals surface area contributed by atoms with Crippen molar-refractivity contribution in [1.29, 1.82) is 5.26 Å². The van der Waals surface area contributed by atoms with Crippen molar-refractivity contribution in [2.24, 2.45) is 0 Å². The predicted molar refractivity (Wildman–Crippen MR) is 71.8 cm³/mol. The second-order valence-electron chi connectivity index (χ2n) is 3.67. The van der Waals surface area contributed by atoms with Crippen molar-refractivity contribution >= 4 is 23.5 Å². The fourth-order valence-electron chi connectivity index (χ4n) is 1.40. The number of nitrogens with zero attached hydrogens (tertiary/aromatic N) is 3. The summed E-state index contributed by atoms with van der Waals surface area (Å²) in [4.78, 5) is 11.8. The summed E-state index contributed by atoms with van der Waals surface area (Å²) in [6, 6.07) is 11.4. The Labute approximate surface area is 114 Å². The van der Waals surface area contributed by atoms with Crippen LogP contribution >= 0.6 is 11.5 Å². The van der Waals surface area contributed by atoms with Crippen LogP contribution in [0.15, 0.2) is 41.3 Å². The van der Waals surface area contributed by atoms with Gasteiger partial charge in [0.15, 0.2) is 0 Å². The fraction of sp³-hybridized carbons (Fsp3) is 0.0769. The molecule has 0 atom stereocenters. The zero-order valence-electron chi connectivity index (χ0n) is 9.91. The Morgan fingerprint density at radius 2 is 2.21 bits per heavy atom. The molecule has 2 aromatic rings. The van der Waals surface area contributed by atoms with E-state index < -0.39 is 5.91 Å². The molecule has 2 rings (SSSR count). The maximum Gasteiger partial charge on any atom is 0.262 e. The van der Waals surface area contributed by atoms with Gasteiger partial charge in [0.05, 0.1) is 5.69 Å². The van der Waals surface area contributed by atoms with Gasteiger partial charge in [-0.25, -0.2) is 0 Å². The average molecular weight is 270 g/mol. The van der Waals surface area contributed by atoms with Gasteiger partial charge in [-0.1, -0.05) is 34.8 Å². The molecule has 0 saturated heterocycles. The number of carbonyl (C=O) groups excluding carboxylic acids is 1. The summed E-state index contributed by atoms with van der Waals surface area (Å²) in [5, 5.41) is 17.1. The number of rotatable bonds is 4. The van der Waals surface area contributed by atoms with E-state index in [4.69, 9.17) is 5.26 Å². The molecular weight excluding hydrogens is 260 g/mol. The molecule has 0 unspecified atom stereocenters. The molecule has 1 aromatic carbocycles. The Bertz CT molecular complexity index is 614. The summed E-state index contributed by atoms with van der Waals surface area (Å²) in [5.74, 6) is -0.417. The quantitative estimate of drug-likeness (QED) is 0.678. The Kier molecular flexibility index (Phi) is 4.37. The number of carbonyl (C=O) groups is 1. The van der Waals surface area contributed by atoms with Crippen LogP contribution in [0.2, 0.25) is 0 Å². The van der Waals surface area contributed by atoms with Crippen LogP contribution in [0, 0.1) is 11.3 Å². The van der Waals surface area contributed by atoms with Crippen LogP contribution in [0.3, 0.4) is 0 Å². The van der Waals surface area contributed by atoms with Crippen LogP contribution in [-0.2, 0) is 11.3 Å². The van der Waals surface area contributed by atoms with E-state index in [1.807, 2.05) is 36.4 Å². The normalized spacial score (nSPS) is 10.8. The van der Waals surface area contributed by atoms with E-state index in [0.29, 0.717) is 12.2 Å². The first-order valence-corrected chi connectivity index (χ1v) is 6.34. The third kappa shape index (κ3) is 3.72. The molecule has 0 aliphatic carbocycles. The minimum absolute atomic E-state index is 0.0173. The van der Waals surface area contributed by atoms with Crippen LogP contribution in [0.1, 0.15) is 11.3 Å². The second-order valence-corrected chi connectivity index (χ2v) is 4.28. The molecule has 19 heavy (non-hydrogen) atoms. The van der Waals surface area contributed by atoms with Crippen molar-refractivity contribution in [3.8, 4) is 6.07 Å². The maximum absolute atomic E-state index is 11.8. The van der Waals surface area contributed by atoms with Gasteiger partial charge in [-0.3, -0.25) is 4.79 Å². The van der Waals surface area contributed by atoms with Gasteiger partial charge in [0.2, 0.25) is 0 Å². The van der Waals surface area contributed by atoms with Gasteiger partial charge in [0.1, 0.15) is 11.6 Å². The first-order chi connectivity index (χ1) is 9.29. The van der Waals surface area contributed by atoms with Crippen LogP contribution in [0.5, 0.6) is 0 Å². The van der Waals surface area contributed by atoms with E-state index in [-0.39, 0.29) is 5.57 Å². The standard InChI is InChI=1S/C13H10N4OS/c14-7-11(6-12-9-19-17-16-12)13(18)15-8-10-4-2-1-3-5-10/h1-6,9H,8H2,(H,15,18)/b11-6+. The minimum atomic E-state index is -0.417. The lowest BCUT2D eigenvalue weighted by atomic mass is 10.2. The van der Waals surface area contributed by atoms with Gasteiger partial charge >= 0.3 is 0 Å². The van der Waals surface area contributed by atoms with Gasteiger partial charge in [0, 0.05) is 11.9 Å². The molecule has 0 aliphatic rings. The predicted octanol–water partition coefficient (Wildman–Crippen LogP) is 1.76. The monoisotopic (exact) mass is 270 g/mol. The van der Waals surface area contributed by atoms with Crippen molar-refractivity contribution in [3.63, 3.8) is 0 Å². The molecule has 6 heteroatoms. The number of hydrogen-bond donors (Lipinski definition) is 1. The zero-order chi connectivity index (χ0) is 13.5. The highest BCUT2D eigenvalue weighted by atomic mass is 32.1. The molecule has 0 radical (unpaired) electrons. The molecule has 0 spiro atoms. The lowest BCUT2D eigenvalue weighted by Gasteiger charge is -2.03. The lowest BCUT2D eigenvalue weighted by molar-refractivity contribution is -0.117. The molecular formula is C13H10N4OS. The summed E-state index contributed by atoms with van der Waals surface area (Å²) in [7, 11) is 0. The minimum Gasteiger partial charge on any atom is -0.347 e.